The average molecular weight is 401 g/mol. The first kappa shape index (κ1) is 27.6. The molecule has 0 aliphatic heterocycles. The molecule has 4 atom stereocenters. The first-order valence-corrected chi connectivity index (χ1v) is 11.5. The molecule has 0 saturated carbocycles. The molecule has 0 spiro atoms. The molecule has 0 aromatic rings. The third-order valence-electron chi connectivity index (χ3n) is 5.61. The van der Waals surface area contributed by atoms with Crippen LogP contribution in [0.15, 0.2) is 11.6 Å². The molecule has 4 heteroatoms. The van der Waals surface area contributed by atoms with Gasteiger partial charge in [0.15, 0.2) is 0 Å². The molecular formula is C24H48O4. The Balaban J connectivity index is 3.69. The fourth-order valence-electron chi connectivity index (χ4n) is 3.43. The van der Waals surface area contributed by atoms with E-state index < -0.39 is 18.8 Å². The molecule has 0 rings (SSSR count). The molecule has 0 aromatic heterocycles. The summed E-state index contributed by atoms with van der Waals surface area (Å²) in [5.41, 5.74) is 1.31. The minimum absolute atomic E-state index is 0.0401. The number of rotatable bonds is 18. The lowest BCUT2D eigenvalue weighted by Crippen LogP contribution is -2.33. The molecule has 0 bridgehead atoms. The number of hydrogen-bond donors (Lipinski definition) is 3. The average Bonchev–Trinajstić information content (AvgIpc) is 2.64. The predicted molar refractivity (Wildman–Crippen MR) is 118 cm³/mol. The van der Waals surface area contributed by atoms with Crippen molar-refractivity contribution in [3.8, 4) is 0 Å². The summed E-state index contributed by atoms with van der Waals surface area (Å²) in [5.74, 6) is 2.50. The first-order chi connectivity index (χ1) is 13.3. The quantitative estimate of drug-likeness (QED) is 0.221. The molecule has 0 heterocycles. The molecule has 0 saturated heterocycles. The number of aliphatic hydroxyl groups excluding tert-OH is 3. The third-order valence-corrected chi connectivity index (χ3v) is 5.61. The predicted octanol–water partition coefficient (Wildman–Crippen LogP) is 5.10. The van der Waals surface area contributed by atoms with E-state index in [1.807, 2.05) is 6.08 Å². The smallest absolute Gasteiger partial charge is 0.105 e. The number of ether oxygens (including phenoxy) is 1. The van der Waals surface area contributed by atoms with Crippen molar-refractivity contribution in [2.45, 2.75) is 105 Å². The molecule has 28 heavy (non-hydrogen) atoms. The van der Waals surface area contributed by atoms with Crippen molar-refractivity contribution in [3.05, 3.63) is 11.6 Å². The summed E-state index contributed by atoms with van der Waals surface area (Å²) in [5, 5.41) is 27.5. The lowest BCUT2D eigenvalue weighted by atomic mass is 9.91. The highest BCUT2D eigenvalue weighted by molar-refractivity contribution is 4.97. The van der Waals surface area contributed by atoms with Gasteiger partial charge in [0, 0.05) is 0 Å². The van der Waals surface area contributed by atoms with Crippen LogP contribution in [-0.4, -0.2) is 47.3 Å². The Morgan fingerprint density at radius 3 is 1.89 bits per heavy atom. The van der Waals surface area contributed by atoms with E-state index >= 15 is 0 Å². The van der Waals surface area contributed by atoms with Crippen LogP contribution in [0.4, 0.5) is 0 Å². The highest BCUT2D eigenvalue weighted by Gasteiger charge is 2.14. The van der Waals surface area contributed by atoms with Crippen molar-refractivity contribution in [2.24, 2.45) is 17.8 Å². The Kier molecular flexibility index (Phi) is 17.2. The summed E-state index contributed by atoms with van der Waals surface area (Å²) in [7, 11) is 0. The van der Waals surface area contributed by atoms with Crippen LogP contribution in [0.2, 0.25) is 0 Å². The Hall–Kier alpha value is -0.420. The Bertz CT molecular complexity index is 381. The zero-order valence-corrected chi connectivity index (χ0v) is 19.2. The summed E-state index contributed by atoms with van der Waals surface area (Å²) in [6.07, 6.45) is 11.6. The van der Waals surface area contributed by atoms with E-state index in [2.05, 4.69) is 34.6 Å². The van der Waals surface area contributed by atoms with E-state index in [-0.39, 0.29) is 6.61 Å². The molecule has 4 nitrogen and oxygen atoms in total. The van der Waals surface area contributed by atoms with Crippen molar-refractivity contribution in [3.63, 3.8) is 0 Å². The molecule has 0 aliphatic rings. The van der Waals surface area contributed by atoms with Gasteiger partial charge in [0.1, 0.15) is 12.2 Å². The van der Waals surface area contributed by atoms with Gasteiger partial charge in [-0.15, -0.1) is 0 Å². The van der Waals surface area contributed by atoms with Crippen molar-refractivity contribution in [1.29, 1.82) is 0 Å². The topological polar surface area (TPSA) is 69.9 Å². The second-order valence-electron chi connectivity index (χ2n) is 9.26. The van der Waals surface area contributed by atoms with Crippen LogP contribution in [0.3, 0.4) is 0 Å². The minimum Gasteiger partial charge on any atom is -0.394 e. The zero-order chi connectivity index (χ0) is 21.4. The fraction of sp³-hybridized carbons (Fsp3) is 0.917. The Labute approximate surface area is 174 Å². The monoisotopic (exact) mass is 400 g/mol. The largest absolute Gasteiger partial charge is 0.394 e. The van der Waals surface area contributed by atoms with Crippen LogP contribution in [0.25, 0.3) is 0 Å². The third kappa shape index (κ3) is 16.5. The van der Waals surface area contributed by atoms with Crippen molar-refractivity contribution in [1.82, 2.24) is 0 Å². The SMILES string of the molecule is C/C(=C\COC[C@H](O)[C@H](O)CO)CCCC(C)CCCC(C)CCCC(C)C. The summed E-state index contributed by atoms with van der Waals surface area (Å²) in [6, 6.07) is 0. The molecule has 3 N–H and O–H groups in total. The van der Waals surface area contributed by atoms with E-state index in [4.69, 9.17) is 9.84 Å². The highest BCUT2D eigenvalue weighted by Crippen LogP contribution is 2.22. The minimum atomic E-state index is -1.13. The van der Waals surface area contributed by atoms with E-state index in [9.17, 15) is 10.2 Å². The zero-order valence-electron chi connectivity index (χ0n) is 19.2. The lowest BCUT2D eigenvalue weighted by Gasteiger charge is -2.15. The van der Waals surface area contributed by atoms with Crippen LogP contribution in [0, 0.1) is 17.8 Å². The van der Waals surface area contributed by atoms with Crippen LogP contribution in [-0.2, 0) is 4.74 Å². The van der Waals surface area contributed by atoms with Crippen molar-refractivity contribution >= 4 is 0 Å². The maximum absolute atomic E-state index is 9.50. The maximum Gasteiger partial charge on any atom is 0.105 e. The number of hydrogen-bond acceptors (Lipinski definition) is 4. The maximum atomic E-state index is 9.50. The molecule has 2 unspecified atom stereocenters. The normalized spacial score (nSPS) is 17.0. The molecule has 0 aromatic carbocycles. The first-order valence-electron chi connectivity index (χ1n) is 11.5. The number of aliphatic hydroxyl groups is 3. The number of allylic oxidation sites excluding steroid dienone is 1. The van der Waals surface area contributed by atoms with Gasteiger partial charge in [-0.3, -0.25) is 0 Å². The van der Waals surface area contributed by atoms with Crippen LogP contribution in [0.5, 0.6) is 0 Å². The summed E-state index contributed by atoms with van der Waals surface area (Å²) in [4.78, 5) is 0. The second-order valence-corrected chi connectivity index (χ2v) is 9.26. The molecule has 0 radical (unpaired) electrons. The van der Waals surface area contributed by atoms with Crippen LogP contribution < -0.4 is 0 Å². The van der Waals surface area contributed by atoms with E-state index in [0.29, 0.717) is 6.61 Å². The summed E-state index contributed by atoms with van der Waals surface area (Å²) >= 11 is 0. The Morgan fingerprint density at radius 1 is 0.821 bits per heavy atom. The van der Waals surface area contributed by atoms with Crippen molar-refractivity contribution < 1.29 is 20.1 Å². The van der Waals surface area contributed by atoms with Gasteiger partial charge in [-0.05, 0) is 37.5 Å². The Morgan fingerprint density at radius 2 is 1.36 bits per heavy atom. The molecule has 0 aliphatic carbocycles. The van der Waals surface area contributed by atoms with Crippen LogP contribution >= 0.6 is 0 Å². The highest BCUT2D eigenvalue weighted by atomic mass is 16.5. The molecule has 0 amide bonds. The van der Waals surface area contributed by atoms with E-state index in [1.54, 1.807) is 0 Å². The second kappa shape index (κ2) is 17.4. The van der Waals surface area contributed by atoms with Gasteiger partial charge < -0.3 is 20.1 Å². The fourth-order valence-corrected chi connectivity index (χ4v) is 3.43. The molecule has 168 valence electrons. The van der Waals surface area contributed by atoms with Gasteiger partial charge in [-0.25, -0.2) is 0 Å². The summed E-state index contributed by atoms with van der Waals surface area (Å²) in [6.45, 7) is 11.5. The lowest BCUT2D eigenvalue weighted by molar-refractivity contribution is -0.0527. The molecular weight excluding hydrogens is 352 g/mol. The van der Waals surface area contributed by atoms with Gasteiger partial charge in [-0.2, -0.15) is 0 Å². The standard InChI is InChI=1S/C24H48O4/c1-19(2)9-6-10-20(3)11-7-12-21(4)13-8-14-22(5)15-16-28-18-24(27)23(26)17-25/h15,19-21,23-27H,6-14,16-18H2,1-5H3/b22-15+/t20?,21?,23-,24+/m1/s1. The van der Waals surface area contributed by atoms with Crippen LogP contribution in [0.1, 0.15) is 92.4 Å². The van der Waals surface area contributed by atoms with Crippen molar-refractivity contribution in [2.75, 3.05) is 19.8 Å². The van der Waals surface area contributed by atoms with Gasteiger partial charge in [0.2, 0.25) is 0 Å². The van der Waals surface area contributed by atoms with E-state index in [0.717, 1.165) is 24.2 Å². The van der Waals surface area contributed by atoms with Gasteiger partial charge in [-0.1, -0.05) is 84.3 Å². The van der Waals surface area contributed by atoms with Gasteiger partial charge in [0.05, 0.1) is 19.8 Å². The van der Waals surface area contributed by atoms with Gasteiger partial charge >= 0.3 is 0 Å². The van der Waals surface area contributed by atoms with Gasteiger partial charge in [0.25, 0.3) is 0 Å². The van der Waals surface area contributed by atoms with E-state index in [1.165, 1.54) is 56.9 Å². The molecule has 0 fully saturated rings. The summed E-state index contributed by atoms with van der Waals surface area (Å²) < 4.78 is 5.34.